The van der Waals surface area contributed by atoms with Gasteiger partial charge in [0.25, 0.3) is 0 Å². The molecule has 0 amide bonds. The van der Waals surface area contributed by atoms with Gasteiger partial charge in [-0.3, -0.25) is 9.59 Å². The number of allylic oxidation sites excluding steroid dienone is 2. The lowest BCUT2D eigenvalue weighted by molar-refractivity contribution is -0.160. The predicted octanol–water partition coefficient (Wildman–Crippen LogP) is 0.782. The van der Waals surface area contributed by atoms with E-state index in [4.69, 9.17) is 4.74 Å². The fourth-order valence-corrected chi connectivity index (χ4v) is 2.92. The maximum Gasteiger partial charge on any atom is 0.330 e. The lowest BCUT2D eigenvalue weighted by atomic mass is 9.83. The molecule has 4 atom stereocenters. The summed E-state index contributed by atoms with van der Waals surface area (Å²) in [7, 11) is 0. The van der Waals surface area contributed by atoms with Crippen LogP contribution in [0.3, 0.4) is 0 Å². The van der Waals surface area contributed by atoms with Crippen LogP contribution in [-0.2, 0) is 23.9 Å². The van der Waals surface area contributed by atoms with Crippen molar-refractivity contribution in [2.45, 2.75) is 6.42 Å². The molecule has 6 heteroatoms. The van der Waals surface area contributed by atoms with Gasteiger partial charge in [0.2, 0.25) is 0 Å². The smallest absolute Gasteiger partial charge is 0.330 e. The maximum atomic E-state index is 12.0. The van der Waals surface area contributed by atoms with E-state index in [0.717, 1.165) is 6.08 Å². The summed E-state index contributed by atoms with van der Waals surface area (Å²) in [5.41, 5.74) is 0. The highest BCUT2D eigenvalue weighted by atomic mass is 16.6. The normalized spacial score (nSPS) is 30.0. The van der Waals surface area contributed by atoms with Crippen LogP contribution in [0.15, 0.2) is 24.8 Å². The van der Waals surface area contributed by atoms with Gasteiger partial charge in [0.15, 0.2) is 0 Å². The van der Waals surface area contributed by atoms with Gasteiger partial charge in [0.1, 0.15) is 13.2 Å². The Bertz CT molecular complexity index is 466. The Morgan fingerprint density at radius 1 is 1.15 bits per heavy atom. The first-order valence-electron chi connectivity index (χ1n) is 6.41. The Hall–Kier alpha value is -2.11. The molecular formula is C14H16O6. The van der Waals surface area contributed by atoms with E-state index in [9.17, 15) is 19.5 Å². The number of fused-ring (bicyclic) bond motifs is 2. The molecule has 2 aliphatic carbocycles. The average Bonchev–Trinajstić information content (AvgIpc) is 3.03. The van der Waals surface area contributed by atoms with Crippen molar-refractivity contribution in [2.75, 3.05) is 13.2 Å². The molecule has 0 spiro atoms. The van der Waals surface area contributed by atoms with E-state index in [0.29, 0.717) is 6.42 Å². The number of aliphatic carboxylic acids is 1. The summed E-state index contributed by atoms with van der Waals surface area (Å²) >= 11 is 0. The van der Waals surface area contributed by atoms with Crippen LogP contribution < -0.4 is 0 Å². The number of carboxylic acids is 1. The van der Waals surface area contributed by atoms with Crippen molar-refractivity contribution in [2.24, 2.45) is 23.7 Å². The van der Waals surface area contributed by atoms with Gasteiger partial charge in [-0.25, -0.2) is 4.79 Å². The highest BCUT2D eigenvalue weighted by Crippen LogP contribution is 2.48. The number of hydrogen-bond donors (Lipinski definition) is 1. The van der Waals surface area contributed by atoms with Gasteiger partial charge in [-0.15, -0.1) is 0 Å². The summed E-state index contributed by atoms with van der Waals surface area (Å²) in [5.74, 6) is -3.61. The zero-order chi connectivity index (χ0) is 14.7. The molecule has 1 fully saturated rings. The summed E-state index contributed by atoms with van der Waals surface area (Å²) in [6, 6.07) is 0. The zero-order valence-electron chi connectivity index (χ0n) is 10.9. The highest BCUT2D eigenvalue weighted by molar-refractivity contribution is 5.83. The number of carbonyl (C=O) groups excluding carboxylic acids is 2. The second kappa shape index (κ2) is 5.90. The Kier molecular flexibility index (Phi) is 4.22. The van der Waals surface area contributed by atoms with Crippen LogP contribution >= 0.6 is 0 Å². The van der Waals surface area contributed by atoms with E-state index >= 15 is 0 Å². The Labute approximate surface area is 116 Å². The largest absolute Gasteiger partial charge is 0.481 e. The van der Waals surface area contributed by atoms with Crippen molar-refractivity contribution >= 4 is 17.9 Å². The van der Waals surface area contributed by atoms with Crippen LogP contribution in [0.5, 0.6) is 0 Å². The molecule has 0 aromatic heterocycles. The molecule has 0 heterocycles. The first-order chi connectivity index (χ1) is 9.54. The molecule has 0 radical (unpaired) electrons. The summed E-state index contributed by atoms with van der Waals surface area (Å²) in [5, 5.41) is 9.21. The van der Waals surface area contributed by atoms with Gasteiger partial charge in [0, 0.05) is 6.08 Å². The van der Waals surface area contributed by atoms with E-state index in [1.54, 1.807) is 0 Å². The van der Waals surface area contributed by atoms with Crippen molar-refractivity contribution in [1.82, 2.24) is 0 Å². The second-order valence-corrected chi connectivity index (χ2v) is 4.88. The van der Waals surface area contributed by atoms with E-state index in [1.807, 2.05) is 12.2 Å². The molecule has 1 N–H and O–H groups in total. The molecule has 2 aliphatic rings. The Morgan fingerprint density at radius 2 is 1.75 bits per heavy atom. The lowest BCUT2D eigenvalue weighted by Gasteiger charge is -2.22. The quantitative estimate of drug-likeness (QED) is 0.335. The fraction of sp³-hybridized carbons (Fsp3) is 0.500. The SMILES string of the molecule is C=CC(=O)OCCOC(=O)C1C2C=CC(C2)C1C(=O)O. The molecule has 2 rings (SSSR count). The molecule has 1 saturated carbocycles. The summed E-state index contributed by atoms with van der Waals surface area (Å²) < 4.78 is 9.68. The van der Waals surface area contributed by atoms with Crippen LogP contribution in [0.1, 0.15) is 6.42 Å². The van der Waals surface area contributed by atoms with Crippen molar-refractivity contribution in [3.05, 3.63) is 24.8 Å². The van der Waals surface area contributed by atoms with Crippen LogP contribution in [0.4, 0.5) is 0 Å². The second-order valence-electron chi connectivity index (χ2n) is 4.88. The number of carboxylic acid groups (broad SMARTS) is 1. The Morgan fingerprint density at radius 3 is 2.35 bits per heavy atom. The summed E-state index contributed by atoms with van der Waals surface area (Å²) in [4.78, 5) is 34.0. The zero-order valence-corrected chi connectivity index (χ0v) is 10.9. The molecule has 0 aromatic carbocycles. The topological polar surface area (TPSA) is 89.9 Å². The molecule has 108 valence electrons. The van der Waals surface area contributed by atoms with E-state index in [-0.39, 0.29) is 25.0 Å². The first-order valence-corrected chi connectivity index (χ1v) is 6.41. The van der Waals surface area contributed by atoms with E-state index < -0.39 is 29.7 Å². The highest BCUT2D eigenvalue weighted by Gasteiger charge is 2.52. The monoisotopic (exact) mass is 280 g/mol. The Balaban J connectivity index is 1.86. The van der Waals surface area contributed by atoms with Gasteiger partial charge in [-0.2, -0.15) is 0 Å². The molecule has 0 saturated heterocycles. The van der Waals surface area contributed by atoms with Gasteiger partial charge < -0.3 is 14.6 Å². The van der Waals surface area contributed by atoms with E-state index in [1.165, 1.54) is 0 Å². The molecule has 0 aliphatic heterocycles. The molecule has 20 heavy (non-hydrogen) atoms. The maximum absolute atomic E-state index is 12.0. The van der Waals surface area contributed by atoms with Crippen molar-refractivity contribution in [3.8, 4) is 0 Å². The molecule has 0 aromatic rings. The van der Waals surface area contributed by atoms with Crippen LogP contribution in [0, 0.1) is 23.7 Å². The fourth-order valence-electron chi connectivity index (χ4n) is 2.92. The summed E-state index contributed by atoms with van der Waals surface area (Å²) in [6.07, 6.45) is 5.44. The van der Waals surface area contributed by atoms with Gasteiger partial charge in [-0.05, 0) is 18.3 Å². The van der Waals surface area contributed by atoms with Crippen molar-refractivity contribution in [3.63, 3.8) is 0 Å². The predicted molar refractivity (Wildman–Crippen MR) is 67.5 cm³/mol. The third kappa shape index (κ3) is 2.74. The number of ether oxygens (including phenoxy) is 2. The minimum atomic E-state index is -0.970. The minimum Gasteiger partial charge on any atom is -0.481 e. The van der Waals surface area contributed by atoms with Crippen molar-refractivity contribution in [1.29, 1.82) is 0 Å². The number of esters is 2. The minimum absolute atomic E-state index is 0.0645. The first kappa shape index (κ1) is 14.3. The number of hydrogen-bond acceptors (Lipinski definition) is 5. The number of rotatable bonds is 6. The van der Waals surface area contributed by atoms with Crippen LogP contribution in [-0.4, -0.2) is 36.2 Å². The van der Waals surface area contributed by atoms with Crippen molar-refractivity contribution < 1.29 is 29.0 Å². The van der Waals surface area contributed by atoms with Gasteiger partial charge in [-0.1, -0.05) is 18.7 Å². The van der Waals surface area contributed by atoms with Gasteiger partial charge >= 0.3 is 17.9 Å². The third-order valence-electron chi connectivity index (χ3n) is 3.76. The lowest BCUT2D eigenvalue weighted by Crippen LogP contribution is -2.34. The molecule has 6 nitrogen and oxygen atoms in total. The van der Waals surface area contributed by atoms with Crippen LogP contribution in [0.2, 0.25) is 0 Å². The third-order valence-corrected chi connectivity index (χ3v) is 3.76. The standard InChI is InChI=1S/C14H16O6/c1-2-10(15)19-5-6-20-14(18)12-9-4-3-8(7-9)11(12)13(16)17/h2-4,8-9,11-12H,1,5-7H2,(H,16,17). The van der Waals surface area contributed by atoms with E-state index in [2.05, 4.69) is 11.3 Å². The molecule has 2 bridgehead atoms. The number of carbonyl (C=O) groups is 3. The van der Waals surface area contributed by atoms with Gasteiger partial charge in [0.05, 0.1) is 11.8 Å². The average molecular weight is 280 g/mol. The summed E-state index contributed by atoms with van der Waals surface area (Å²) in [6.45, 7) is 3.09. The molecule has 4 unspecified atom stereocenters. The van der Waals surface area contributed by atoms with Crippen LogP contribution in [0.25, 0.3) is 0 Å². The molecular weight excluding hydrogens is 264 g/mol.